The molecule has 0 radical (unpaired) electrons. The largest absolute Gasteiger partial charge is 0.488 e. The minimum Gasteiger partial charge on any atom is -0.488 e. The Morgan fingerprint density at radius 2 is 2.18 bits per heavy atom. The van der Waals surface area contributed by atoms with Gasteiger partial charge >= 0.3 is 5.69 Å². The first-order valence-electron chi connectivity index (χ1n) is 4.56. The average Bonchev–Trinajstić information content (AvgIpc) is 2.62. The van der Waals surface area contributed by atoms with Crippen LogP contribution in [0, 0.1) is 17.0 Å². The third-order valence-electron chi connectivity index (χ3n) is 2.04. The molecule has 2 aromatic rings. The van der Waals surface area contributed by atoms with Gasteiger partial charge in [0.15, 0.2) is 11.5 Å². The summed E-state index contributed by atoms with van der Waals surface area (Å²) in [5.41, 5.74) is 4.55. The first-order chi connectivity index (χ1) is 7.99. The summed E-state index contributed by atoms with van der Waals surface area (Å²) in [6, 6.07) is 3.12. The molecule has 0 amide bonds. The lowest BCUT2D eigenvalue weighted by molar-refractivity contribution is -0.385. The van der Waals surface area contributed by atoms with Crippen LogP contribution in [0.5, 0.6) is 5.88 Å². The second-order valence-corrected chi connectivity index (χ2v) is 3.27. The lowest BCUT2D eigenvalue weighted by Crippen LogP contribution is -2.01. The fourth-order valence-electron chi connectivity index (χ4n) is 1.36. The number of nitrogens with two attached hydrogens (primary N) is 1. The monoisotopic (exact) mass is 236 g/mol. The van der Waals surface area contributed by atoms with E-state index in [2.05, 4.69) is 9.97 Å². The van der Waals surface area contributed by atoms with Crippen LogP contribution in [0.25, 0.3) is 11.5 Å². The van der Waals surface area contributed by atoms with Gasteiger partial charge in [-0.3, -0.25) is 10.1 Å². The number of aromatic hydroxyl groups is 1. The second-order valence-electron chi connectivity index (χ2n) is 3.27. The van der Waals surface area contributed by atoms with E-state index >= 15 is 0 Å². The summed E-state index contributed by atoms with van der Waals surface area (Å²) < 4.78 is 5.21. The lowest BCUT2D eigenvalue weighted by atomic mass is 10.2. The van der Waals surface area contributed by atoms with E-state index in [-0.39, 0.29) is 17.4 Å². The number of nitrogens with zero attached hydrogens (tertiary/aromatic N) is 3. The highest BCUT2D eigenvalue weighted by Gasteiger charge is 2.27. The molecule has 0 saturated heterocycles. The number of hydrogen-bond donors (Lipinski definition) is 2. The molecule has 88 valence electrons. The van der Waals surface area contributed by atoms with Crippen molar-refractivity contribution in [1.29, 1.82) is 0 Å². The molecule has 2 aromatic heterocycles. The zero-order chi connectivity index (χ0) is 12.6. The van der Waals surface area contributed by atoms with E-state index in [0.717, 1.165) is 0 Å². The van der Waals surface area contributed by atoms with Crippen LogP contribution >= 0.6 is 0 Å². The summed E-state index contributed by atoms with van der Waals surface area (Å²) in [5, 5.41) is 20.2. The van der Waals surface area contributed by atoms with Crippen molar-refractivity contribution in [3.05, 3.63) is 28.0 Å². The van der Waals surface area contributed by atoms with Gasteiger partial charge < -0.3 is 15.3 Å². The third-order valence-corrected chi connectivity index (χ3v) is 2.04. The van der Waals surface area contributed by atoms with Gasteiger partial charge in [0.2, 0.25) is 5.95 Å². The minimum absolute atomic E-state index is 0.145. The SMILES string of the molecule is Cc1ccc(-c2nc(N)nc(O)c2[N+](=O)[O-])o1. The third kappa shape index (κ3) is 1.87. The first-order valence-corrected chi connectivity index (χ1v) is 4.56. The van der Waals surface area contributed by atoms with Crippen molar-refractivity contribution in [2.45, 2.75) is 6.92 Å². The van der Waals surface area contributed by atoms with E-state index < -0.39 is 16.5 Å². The minimum atomic E-state index is -0.790. The number of nitro groups is 1. The molecule has 8 heteroatoms. The van der Waals surface area contributed by atoms with Crippen molar-refractivity contribution in [3.63, 3.8) is 0 Å². The Morgan fingerprint density at radius 3 is 2.71 bits per heavy atom. The van der Waals surface area contributed by atoms with Crippen LogP contribution in [-0.4, -0.2) is 20.0 Å². The summed E-state index contributed by atoms with van der Waals surface area (Å²) >= 11 is 0. The molecule has 3 N–H and O–H groups in total. The Morgan fingerprint density at radius 1 is 1.47 bits per heavy atom. The number of rotatable bonds is 2. The average molecular weight is 236 g/mol. The molecular weight excluding hydrogens is 228 g/mol. The van der Waals surface area contributed by atoms with Crippen molar-refractivity contribution < 1.29 is 14.4 Å². The molecule has 0 aliphatic rings. The Kier molecular flexibility index (Phi) is 2.39. The number of hydrogen-bond acceptors (Lipinski definition) is 7. The van der Waals surface area contributed by atoms with Crippen LogP contribution in [0.4, 0.5) is 11.6 Å². The molecule has 0 aliphatic heterocycles. The van der Waals surface area contributed by atoms with Crippen molar-refractivity contribution in [2.75, 3.05) is 5.73 Å². The van der Waals surface area contributed by atoms with Gasteiger partial charge in [-0.15, -0.1) is 0 Å². The summed E-state index contributed by atoms with van der Waals surface area (Å²) in [6.07, 6.45) is 0. The first kappa shape index (κ1) is 10.9. The maximum atomic E-state index is 10.8. The van der Waals surface area contributed by atoms with Gasteiger partial charge in [-0.2, -0.15) is 4.98 Å². The number of nitrogen functional groups attached to an aromatic ring is 1. The fraction of sp³-hybridized carbons (Fsp3) is 0.111. The Balaban J connectivity index is 2.71. The second kappa shape index (κ2) is 3.74. The molecule has 0 spiro atoms. The summed E-state index contributed by atoms with van der Waals surface area (Å²) in [7, 11) is 0. The smallest absolute Gasteiger partial charge is 0.360 e. The van der Waals surface area contributed by atoms with Crippen molar-refractivity contribution >= 4 is 11.6 Å². The van der Waals surface area contributed by atoms with E-state index in [1.54, 1.807) is 13.0 Å². The maximum absolute atomic E-state index is 10.8. The summed E-state index contributed by atoms with van der Waals surface area (Å²) in [4.78, 5) is 17.1. The molecule has 17 heavy (non-hydrogen) atoms. The molecule has 2 rings (SSSR count). The Hall–Kier alpha value is -2.64. The summed E-state index contributed by atoms with van der Waals surface area (Å²) in [6.45, 7) is 1.68. The number of aryl methyl sites for hydroxylation is 1. The Labute approximate surface area is 94.9 Å². The van der Waals surface area contributed by atoms with Gasteiger partial charge in [0.1, 0.15) is 5.76 Å². The molecule has 0 aromatic carbocycles. The van der Waals surface area contributed by atoms with Crippen LogP contribution in [-0.2, 0) is 0 Å². The standard InChI is InChI=1S/C9H8N4O4/c1-4-2-3-5(17-4)6-7(13(15)16)8(14)12-9(10)11-6/h2-3H,1H3,(H3,10,11,12,14). The van der Waals surface area contributed by atoms with Crippen LogP contribution in [0.2, 0.25) is 0 Å². The zero-order valence-electron chi connectivity index (χ0n) is 8.75. The van der Waals surface area contributed by atoms with Gasteiger partial charge in [-0.1, -0.05) is 0 Å². The predicted octanol–water partition coefficient (Wildman–Crippen LogP) is 1.24. The topological polar surface area (TPSA) is 128 Å². The van der Waals surface area contributed by atoms with Gasteiger partial charge in [-0.05, 0) is 19.1 Å². The molecule has 0 fully saturated rings. The van der Waals surface area contributed by atoms with Crippen LogP contribution in [0.1, 0.15) is 5.76 Å². The van der Waals surface area contributed by atoms with Crippen LogP contribution in [0.15, 0.2) is 16.5 Å². The number of furan rings is 1. The van der Waals surface area contributed by atoms with Crippen molar-refractivity contribution in [3.8, 4) is 17.3 Å². The van der Waals surface area contributed by atoms with E-state index in [0.29, 0.717) is 5.76 Å². The number of aromatic nitrogens is 2. The van der Waals surface area contributed by atoms with Gasteiger partial charge in [0.05, 0.1) is 4.92 Å². The van der Waals surface area contributed by atoms with E-state index in [9.17, 15) is 15.2 Å². The highest BCUT2D eigenvalue weighted by Crippen LogP contribution is 2.35. The predicted molar refractivity (Wildman–Crippen MR) is 57.2 cm³/mol. The normalized spacial score (nSPS) is 10.4. The van der Waals surface area contributed by atoms with Gasteiger partial charge in [-0.25, -0.2) is 4.98 Å². The van der Waals surface area contributed by atoms with Gasteiger partial charge in [0.25, 0.3) is 5.88 Å². The molecule has 0 bridgehead atoms. The molecule has 8 nitrogen and oxygen atoms in total. The lowest BCUT2D eigenvalue weighted by Gasteiger charge is -2.01. The molecule has 0 unspecified atom stereocenters. The molecule has 0 aliphatic carbocycles. The molecular formula is C9H8N4O4. The van der Waals surface area contributed by atoms with Crippen molar-refractivity contribution in [1.82, 2.24) is 9.97 Å². The van der Waals surface area contributed by atoms with Crippen LogP contribution < -0.4 is 5.73 Å². The van der Waals surface area contributed by atoms with E-state index in [1.807, 2.05) is 0 Å². The quantitative estimate of drug-likeness (QED) is 0.592. The highest BCUT2D eigenvalue weighted by molar-refractivity contribution is 5.69. The summed E-state index contributed by atoms with van der Waals surface area (Å²) in [5.74, 6) is -0.340. The molecule has 0 saturated carbocycles. The molecule has 2 heterocycles. The Bertz CT molecular complexity index is 593. The zero-order valence-corrected chi connectivity index (χ0v) is 8.75. The van der Waals surface area contributed by atoms with Crippen LogP contribution in [0.3, 0.4) is 0 Å². The highest BCUT2D eigenvalue weighted by atomic mass is 16.6. The van der Waals surface area contributed by atoms with E-state index in [1.165, 1.54) is 6.07 Å². The molecule has 0 atom stereocenters. The van der Waals surface area contributed by atoms with Gasteiger partial charge in [0, 0.05) is 0 Å². The van der Waals surface area contributed by atoms with E-state index in [4.69, 9.17) is 10.2 Å². The fourth-order valence-corrected chi connectivity index (χ4v) is 1.36. The maximum Gasteiger partial charge on any atom is 0.360 e. The number of anilines is 1. The van der Waals surface area contributed by atoms with Crippen molar-refractivity contribution in [2.24, 2.45) is 0 Å².